The Bertz CT molecular complexity index is 2980. The minimum atomic E-state index is 0.448. The van der Waals surface area contributed by atoms with E-state index >= 15 is 0 Å². The number of hydrogen-bond donors (Lipinski definition) is 0. The summed E-state index contributed by atoms with van der Waals surface area (Å²) in [6.07, 6.45) is 3.48. The molecule has 1 atom stereocenters. The minimum Gasteiger partial charge on any atom is -0.228 e. The van der Waals surface area contributed by atoms with Crippen LogP contribution in [0.15, 0.2) is 212 Å². The van der Waals surface area contributed by atoms with Gasteiger partial charge in [0.05, 0.1) is 11.4 Å². The third-order valence-corrected chi connectivity index (χ3v) is 11.9. The topological polar surface area (TPSA) is 25.8 Å². The lowest BCUT2D eigenvalue weighted by molar-refractivity contribution is 0.840. The first-order chi connectivity index (χ1) is 28.7. The van der Waals surface area contributed by atoms with Gasteiger partial charge in [-0.25, -0.2) is 9.97 Å². The lowest BCUT2D eigenvalue weighted by Gasteiger charge is -2.24. The monoisotopic (exact) mass is 738 g/mol. The molecule has 0 amide bonds. The van der Waals surface area contributed by atoms with Crippen LogP contribution in [0.4, 0.5) is 0 Å². The summed E-state index contributed by atoms with van der Waals surface area (Å²) in [5.74, 6) is 1.16. The van der Waals surface area contributed by atoms with Crippen molar-refractivity contribution in [3.05, 3.63) is 235 Å². The first-order valence-electron chi connectivity index (χ1n) is 20.1. The molecule has 9 aromatic rings. The zero-order chi connectivity index (χ0) is 38.4. The Balaban J connectivity index is 0.900. The third-order valence-electron chi connectivity index (χ3n) is 11.9. The molecule has 272 valence electrons. The van der Waals surface area contributed by atoms with E-state index in [9.17, 15) is 0 Å². The van der Waals surface area contributed by atoms with Gasteiger partial charge in [-0.15, -0.1) is 0 Å². The predicted molar refractivity (Wildman–Crippen MR) is 240 cm³/mol. The van der Waals surface area contributed by atoms with Crippen molar-refractivity contribution >= 4 is 5.57 Å². The number of aromatic nitrogens is 2. The molecule has 8 aromatic carbocycles. The van der Waals surface area contributed by atoms with Crippen LogP contribution in [0.1, 0.15) is 34.6 Å². The maximum absolute atomic E-state index is 5.10. The van der Waals surface area contributed by atoms with Crippen molar-refractivity contribution < 1.29 is 0 Å². The van der Waals surface area contributed by atoms with Crippen molar-refractivity contribution in [3.8, 4) is 78.4 Å². The molecular formula is C56H38N2. The number of nitrogens with zero attached hydrogens (tertiary/aromatic N) is 2. The Morgan fingerprint density at radius 2 is 0.776 bits per heavy atom. The van der Waals surface area contributed by atoms with Crippen molar-refractivity contribution in [2.75, 3.05) is 0 Å². The molecule has 0 saturated heterocycles. The summed E-state index contributed by atoms with van der Waals surface area (Å²) in [6, 6.07) is 73.9. The molecule has 58 heavy (non-hydrogen) atoms. The second-order valence-corrected chi connectivity index (χ2v) is 15.2. The number of allylic oxidation sites excluding steroid dienone is 1. The molecule has 0 bridgehead atoms. The van der Waals surface area contributed by atoms with E-state index in [1.165, 1.54) is 66.8 Å². The average Bonchev–Trinajstić information content (AvgIpc) is 3.64. The first kappa shape index (κ1) is 33.9. The van der Waals surface area contributed by atoms with Gasteiger partial charge in [0.2, 0.25) is 0 Å². The van der Waals surface area contributed by atoms with Crippen LogP contribution in [0.2, 0.25) is 0 Å². The van der Waals surface area contributed by atoms with Gasteiger partial charge in [0, 0.05) is 22.6 Å². The fourth-order valence-electron chi connectivity index (χ4n) is 9.04. The third kappa shape index (κ3) is 5.98. The molecule has 1 unspecified atom stereocenters. The van der Waals surface area contributed by atoms with Crippen LogP contribution >= 0.6 is 0 Å². The van der Waals surface area contributed by atoms with Crippen molar-refractivity contribution in [2.45, 2.75) is 12.3 Å². The molecule has 1 aromatic heterocycles. The van der Waals surface area contributed by atoms with Gasteiger partial charge in [-0.2, -0.15) is 0 Å². The van der Waals surface area contributed by atoms with Gasteiger partial charge in [-0.3, -0.25) is 0 Å². The van der Waals surface area contributed by atoms with Crippen LogP contribution in [0.3, 0.4) is 0 Å². The highest BCUT2D eigenvalue weighted by Crippen LogP contribution is 2.52. The lowest BCUT2D eigenvalue weighted by atomic mass is 9.80. The Morgan fingerprint density at radius 3 is 1.40 bits per heavy atom. The van der Waals surface area contributed by atoms with Gasteiger partial charge in [-0.1, -0.05) is 206 Å². The molecule has 0 N–H and O–H groups in total. The van der Waals surface area contributed by atoms with E-state index in [-0.39, 0.29) is 0 Å². The van der Waals surface area contributed by atoms with E-state index in [0.717, 1.165) is 40.1 Å². The molecule has 0 aliphatic heterocycles. The average molecular weight is 739 g/mol. The smallest absolute Gasteiger partial charge is 0.160 e. The molecule has 2 nitrogen and oxygen atoms in total. The van der Waals surface area contributed by atoms with Gasteiger partial charge in [0.1, 0.15) is 0 Å². The number of benzene rings is 8. The molecular weight excluding hydrogens is 701 g/mol. The highest BCUT2D eigenvalue weighted by atomic mass is 14.9. The SMILES string of the molecule is C1=C(c2ccc(-c3ccccc3-c3ccc(-c4cc(-c5ccc(-c6ccccc6)cc5)nc(-c5ccccc5)n4)cc3)cc2)c2cccc3c2C(C1)c1ccccc1-3. The maximum Gasteiger partial charge on any atom is 0.160 e. The van der Waals surface area contributed by atoms with Gasteiger partial charge >= 0.3 is 0 Å². The van der Waals surface area contributed by atoms with Crippen LogP contribution < -0.4 is 0 Å². The van der Waals surface area contributed by atoms with E-state index in [1.807, 2.05) is 24.3 Å². The zero-order valence-corrected chi connectivity index (χ0v) is 31.9. The highest BCUT2D eigenvalue weighted by Gasteiger charge is 2.33. The van der Waals surface area contributed by atoms with Gasteiger partial charge < -0.3 is 0 Å². The fourth-order valence-corrected chi connectivity index (χ4v) is 9.04. The Kier molecular flexibility index (Phi) is 8.33. The van der Waals surface area contributed by atoms with E-state index in [2.05, 4.69) is 188 Å². The minimum absolute atomic E-state index is 0.448. The Morgan fingerprint density at radius 1 is 0.328 bits per heavy atom. The molecule has 2 aliphatic rings. The van der Waals surface area contributed by atoms with Crippen LogP contribution in [0, 0.1) is 0 Å². The highest BCUT2D eigenvalue weighted by molar-refractivity contribution is 5.92. The number of hydrogen-bond acceptors (Lipinski definition) is 2. The molecule has 2 aliphatic carbocycles. The van der Waals surface area contributed by atoms with E-state index in [1.54, 1.807) is 0 Å². The fraction of sp³-hybridized carbons (Fsp3) is 0.0357. The summed E-state index contributed by atoms with van der Waals surface area (Å²) in [5, 5.41) is 0. The number of fused-ring (bicyclic) bond motifs is 3. The maximum atomic E-state index is 5.10. The van der Waals surface area contributed by atoms with Gasteiger partial charge in [0.25, 0.3) is 0 Å². The summed E-state index contributed by atoms with van der Waals surface area (Å²) in [4.78, 5) is 10.2. The first-order valence-corrected chi connectivity index (χ1v) is 20.1. The summed E-state index contributed by atoms with van der Waals surface area (Å²) >= 11 is 0. The normalized spacial score (nSPS) is 13.7. The number of rotatable bonds is 7. The van der Waals surface area contributed by atoms with Gasteiger partial charge in [0.15, 0.2) is 5.82 Å². The molecule has 0 fully saturated rings. The Hall–Kier alpha value is -7.42. The molecule has 2 heteroatoms. The molecule has 0 radical (unpaired) electrons. The van der Waals surface area contributed by atoms with Crippen LogP contribution in [-0.2, 0) is 0 Å². The second kappa shape index (κ2) is 14.3. The molecule has 1 heterocycles. The largest absolute Gasteiger partial charge is 0.228 e. The van der Waals surface area contributed by atoms with Crippen molar-refractivity contribution in [3.63, 3.8) is 0 Å². The van der Waals surface area contributed by atoms with Crippen LogP contribution in [-0.4, -0.2) is 9.97 Å². The zero-order valence-electron chi connectivity index (χ0n) is 31.9. The van der Waals surface area contributed by atoms with Crippen LogP contribution in [0.25, 0.3) is 84.0 Å². The standard InChI is InChI=1S/C56H38N2/c1-3-12-37(13-4-1)38-22-30-42(31-23-38)53-36-54(58-56(57-53)44-14-5-2-6-15-44)43-32-28-40(29-33-43)46-17-8-7-16-45(46)39-24-26-41(27-25-39)47-34-35-52-49-19-10-9-18-48(49)51-21-11-20-50(47)55(51)52/h1-34,36,52H,35H2. The van der Waals surface area contributed by atoms with E-state index in [0.29, 0.717) is 11.7 Å². The molecule has 11 rings (SSSR count). The summed E-state index contributed by atoms with van der Waals surface area (Å²) < 4.78 is 0. The summed E-state index contributed by atoms with van der Waals surface area (Å²) in [7, 11) is 0. The van der Waals surface area contributed by atoms with E-state index in [4.69, 9.17) is 9.97 Å². The summed E-state index contributed by atoms with van der Waals surface area (Å²) in [6.45, 7) is 0. The van der Waals surface area contributed by atoms with Crippen molar-refractivity contribution in [2.24, 2.45) is 0 Å². The van der Waals surface area contributed by atoms with Crippen molar-refractivity contribution in [1.29, 1.82) is 0 Å². The molecule has 0 spiro atoms. The Labute approximate surface area is 339 Å². The lowest BCUT2D eigenvalue weighted by Crippen LogP contribution is -2.06. The van der Waals surface area contributed by atoms with Crippen LogP contribution in [0.5, 0.6) is 0 Å². The quantitative estimate of drug-likeness (QED) is 0.163. The van der Waals surface area contributed by atoms with E-state index < -0.39 is 0 Å². The second-order valence-electron chi connectivity index (χ2n) is 15.2. The molecule has 0 saturated carbocycles. The van der Waals surface area contributed by atoms with Crippen molar-refractivity contribution in [1.82, 2.24) is 9.97 Å². The van der Waals surface area contributed by atoms with Gasteiger partial charge in [-0.05, 0) is 84.8 Å². The predicted octanol–water partition coefficient (Wildman–Crippen LogP) is 14.4. The summed E-state index contributed by atoms with van der Waals surface area (Å²) in [5.41, 5.74) is 21.7.